The van der Waals surface area contributed by atoms with Crippen molar-refractivity contribution in [2.45, 2.75) is 36.0 Å². The zero-order valence-corrected chi connectivity index (χ0v) is 13.2. The van der Waals surface area contributed by atoms with Gasteiger partial charge in [0.25, 0.3) is 0 Å². The summed E-state index contributed by atoms with van der Waals surface area (Å²) in [5, 5.41) is 0. The number of anilines is 1. The number of benzene rings is 2. The predicted molar refractivity (Wildman–Crippen MR) is 88.1 cm³/mol. The molecule has 112 valence electrons. The summed E-state index contributed by atoms with van der Waals surface area (Å²) >= 11 is 1.66. The smallest absolute Gasteiger partial charge is 0.233 e. The lowest BCUT2D eigenvalue weighted by Gasteiger charge is -2.24. The molecule has 1 aliphatic rings. The van der Waals surface area contributed by atoms with Crippen LogP contribution in [0.3, 0.4) is 0 Å². The van der Waals surface area contributed by atoms with Crippen molar-refractivity contribution >= 4 is 29.3 Å². The number of hydrogen-bond donors (Lipinski definition) is 0. The predicted octanol–water partition coefficient (Wildman–Crippen LogP) is 4.19. The maximum atomic E-state index is 11.9. The van der Waals surface area contributed by atoms with Crippen LogP contribution < -0.4 is 4.90 Å². The fourth-order valence-corrected chi connectivity index (χ4v) is 3.26. The van der Waals surface area contributed by atoms with E-state index in [1.807, 2.05) is 24.3 Å². The second-order valence-electron chi connectivity index (χ2n) is 5.39. The summed E-state index contributed by atoms with van der Waals surface area (Å²) in [7, 11) is 0. The molecule has 1 heterocycles. The van der Waals surface area contributed by atoms with E-state index in [-0.39, 0.29) is 11.8 Å². The van der Waals surface area contributed by atoms with Gasteiger partial charge in [-0.2, -0.15) is 0 Å². The number of nitrogens with zero attached hydrogens (tertiary/aromatic N) is 1. The van der Waals surface area contributed by atoms with Crippen molar-refractivity contribution in [1.82, 2.24) is 0 Å². The molecule has 1 saturated heterocycles. The summed E-state index contributed by atoms with van der Waals surface area (Å²) in [6.07, 6.45) is 1.56. The highest BCUT2D eigenvalue weighted by Crippen LogP contribution is 2.30. The van der Waals surface area contributed by atoms with E-state index in [1.54, 1.807) is 11.8 Å². The molecule has 0 atom stereocenters. The molecule has 0 unspecified atom stereocenters. The molecule has 1 aliphatic heterocycles. The minimum Gasteiger partial charge on any atom is -0.274 e. The van der Waals surface area contributed by atoms with E-state index in [1.165, 1.54) is 15.4 Å². The second-order valence-corrected chi connectivity index (χ2v) is 6.53. The lowest BCUT2D eigenvalue weighted by molar-refractivity contribution is -0.129. The number of amides is 2. The van der Waals surface area contributed by atoms with Crippen LogP contribution in [0.4, 0.5) is 5.69 Å². The van der Waals surface area contributed by atoms with E-state index in [9.17, 15) is 9.59 Å². The Morgan fingerprint density at radius 3 is 1.86 bits per heavy atom. The quantitative estimate of drug-likeness (QED) is 0.798. The first-order valence-electron chi connectivity index (χ1n) is 7.34. The molecule has 3 rings (SSSR count). The lowest BCUT2D eigenvalue weighted by atomic mass is 10.1. The van der Waals surface area contributed by atoms with Gasteiger partial charge >= 0.3 is 0 Å². The Bertz CT molecular complexity index is 676. The van der Waals surface area contributed by atoms with Gasteiger partial charge in [0.15, 0.2) is 0 Å². The summed E-state index contributed by atoms with van der Waals surface area (Å²) in [4.78, 5) is 27.4. The normalized spacial score (nSPS) is 15.2. The van der Waals surface area contributed by atoms with Crippen LogP contribution in [-0.4, -0.2) is 11.8 Å². The number of imide groups is 1. The zero-order valence-electron chi connectivity index (χ0n) is 12.4. The van der Waals surface area contributed by atoms with Crippen LogP contribution >= 0.6 is 11.8 Å². The van der Waals surface area contributed by atoms with Crippen LogP contribution in [0.1, 0.15) is 24.8 Å². The van der Waals surface area contributed by atoms with Crippen molar-refractivity contribution in [3.8, 4) is 0 Å². The van der Waals surface area contributed by atoms with Crippen LogP contribution in [0.5, 0.6) is 0 Å². The molecule has 0 spiro atoms. The number of carbonyl (C=O) groups is 2. The van der Waals surface area contributed by atoms with Gasteiger partial charge in [-0.05, 0) is 49.7 Å². The Kier molecular flexibility index (Phi) is 4.29. The van der Waals surface area contributed by atoms with Crippen LogP contribution in [0.2, 0.25) is 0 Å². The third-order valence-corrected chi connectivity index (χ3v) is 4.65. The molecule has 0 radical (unpaired) electrons. The van der Waals surface area contributed by atoms with Gasteiger partial charge in [-0.3, -0.25) is 14.5 Å². The molecule has 2 aromatic rings. The van der Waals surface area contributed by atoms with Crippen LogP contribution in [0, 0.1) is 6.92 Å². The fourth-order valence-electron chi connectivity index (χ4n) is 2.45. The first kappa shape index (κ1) is 14.9. The molecule has 2 amide bonds. The standard InChI is InChI=1S/C18H17NO2S/c1-13-5-9-15(10-6-13)22-16-11-7-14(8-12-16)19-17(20)3-2-4-18(19)21/h5-12H,2-4H2,1H3. The summed E-state index contributed by atoms with van der Waals surface area (Å²) in [5.41, 5.74) is 1.91. The lowest BCUT2D eigenvalue weighted by Crippen LogP contribution is -2.40. The minimum absolute atomic E-state index is 0.102. The van der Waals surface area contributed by atoms with E-state index in [0.29, 0.717) is 24.9 Å². The molecule has 0 aliphatic carbocycles. The topological polar surface area (TPSA) is 37.4 Å². The Labute approximate surface area is 134 Å². The summed E-state index contributed by atoms with van der Waals surface area (Å²) in [5.74, 6) is -0.203. The Balaban J connectivity index is 1.76. The van der Waals surface area contributed by atoms with Gasteiger partial charge in [0, 0.05) is 22.6 Å². The molecule has 0 bridgehead atoms. The molecule has 0 saturated carbocycles. The average Bonchev–Trinajstić information content (AvgIpc) is 2.51. The fraction of sp³-hybridized carbons (Fsp3) is 0.222. The first-order chi connectivity index (χ1) is 10.6. The zero-order chi connectivity index (χ0) is 15.5. The van der Waals surface area contributed by atoms with Crippen LogP contribution in [-0.2, 0) is 9.59 Å². The maximum absolute atomic E-state index is 11.9. The number of hydrogen-bond acceptors (Lipinski definition) is 3. The highest BCUT2D eigenvalue weighted by molar-refractivity contribution is 7.99. The second kappa shape index (κ2) is 6.36. The number of carbonyl (C=O) groups excluding carboxylic acids is 2. The SMILES string of the molecule is Cc1ccc(Sc2ccc(N3C(=O)CCCC3=O)cc2)cc1. The van der Waals surface area contributed by atoms with Crippen molar-refractivity contribution in [2.24, 2.45) is 0 Å². The Morgan fingerprint density at radius 1 is 0.818 bits per heavy atom. The van der Waals surface area contributed by atoms with Gasteiger partial charge in [0.1, 0.15) is 0 Å². The number of piperidine rings is 1. The molecule has 3 nitrogen and oxygen atoms in total. The molecular weight excluding hydrogens is 294 g/mol. The Hall–Kier alpha value is -2.07. The number of aryl methyl sites for hydroxylation is 1. The van der Waals surface area contributed by atoms with Gasteiger partial charge in [0.2, 0.25) is 11.8 Å². The molecular formula is C18H17NO2S. The third-order valence-electron chi connectivity index (χ3n) is 3.63. The first-order valence-corrected chi connectivity index (χ1v) is 8.15. The van der Waals surface area contributed by atoms with Gasteiger partial charge in [-0.1, -0.05) is 29.5 Å². The summed E-state index contributed by atoms with van der Waals surface area (Å²) in [6, 6.07) is 15.9. The average molecular weight is 311 g/mol. The molecule has 1 fully saturated rings. The molecule has 0 aromatic heterocycles. The summed E-state index contributed by atoms with van der Waals surface area (Å²) < 4.78 is 0. The molecule has 22 heavy (non-hydrogen) atoms. The highest BCUT2D eigenvalue weighted by Gasteiger charge is 2.27. The van der Waals surface area contributed by atoms with E-state index >= 15 is 0 Å². The van der Waals surface area contributed by atoms with Gasteiger partial charge in [-0.15, -0.1) is 0 Å². The van der Waals surface area contributed by atoms with E-state index in [4.69, 9.17) is 0 Å². The molecule has 2 aromatic carbocycles. The van der Waals surface area contributed by atoms with Gasteiger partial charge in [-0.25, -0.2) is 0 Å². The largest absolute Gasteiger partial charge is 0.274 e. The van der Waals surface area contributed by atoms with Crippen LogP contribution in [0.15, 0.2) is 58.3 Å². The van der Waals surface area contributed by atoms with Gasteiger partial charge in [0.05, 0.1) is 5.69 Å². The number of rotatable bonds is 3. The van der Waals surface area contributed by atoms with Crippen molar-refractivity contribution in [2.75, 3.05) is 4.90 Å². The van der Waals surface area contributed by atoms with Crippen molar-refractivity contribution in [3.05, 3.63) is 54.1 Å². The minimum atomic E-state index is -0.102. The summed E-state index contributed by atoms with van der Waals surface area (Å²) in [6.45, 7) is 2.07. The van der Waals surface area contributed by atoms with Crippen molar-refractivity contribution < 1.29 is 9.59 Å². The van der Waals surface area contributed by atoms with Crippen molar-refractivity contribution in [1.29, 1.82) is 0 Å². The Morgan fingerprint density at radius 2 is 1.32 bits per heavy atom. The van der Waals surface area contributed by atoms with E-state index in [0.717, 1.165) is 4.90 Å². The monoisotopic (exact) mass is 311 g/mol. The molecule has 0 N–H and O–H groups in total. The maximum Gasteiger partial charge on any atom is 0.233 e. The van der Waals surface area contributed by atoms with Crippen LogP contribution in [0.25, 0.3) is 0 Å². The van der Waals surface area contributed by atoms with E-state index in [2.05, 4.69) is 31.2 Å². The van der Waals surface area contributed by atoms with Gasteiger partial charge < -0.3 is 0 Å². The van der Waals surface area contributed by atoms with E-state index < -0.39 is 0 Å². The van der Waals surface area contributed by atoms with Crippen molar-refractivity contribution in [3.63, 3.8) is 0 Å². The molecule has 4 heteroatoms. The highest BCUT2D eigenvalue weighted by atomic mass is 32.2. The third kappa shape index (κ3) is 3.22.